The molecule has 1 aromatic heterocycles. The van der Waals surface area contributed by atoms with Gasteiger partial charge in [-0.2, -0.15) is 9.67 Å². The van der Waals surface area contributed by atoms with E-state index in [1.807, 2.05) is 35.2 Å². The van der Waals surface area contributed by atoms with Gasteiger partial charge < -0.3 is 5.11 Å². The van der Waals surface area contributed by atoms with E-state index >= 15 is 0 Å². The Bertz CT molecular complexity index is 957. The minimum atomic E-state index is -0.139. The van der Waals surface area contributed by atoms with Crippen LogP contribution in [-0.4, -0.2) is 22.8 Å². The third-order valence-electron chi connectivity index (χ3n) is 10.0. The number of hydrogen-bond donors (Lipinski definition) is 2. The lowest BCUT2D eigenvalue weighted by Crippen LogP contribution is -2.51. The predicted octanol–water partition coefficient (Wildman–Crippen LogP) is 4.41. The van der Waals surface area contributed by atoms with Crippen LogP contribution in [0.1, 0.15) is 72.1 Å². The molecular formula is C28H40N3O2+. The molecule has 4 aliphatic rings. The molecule has 33 heavy (non-hydrogen) atoms. The van der Waals surface area contributed by atoms with Gasteiger partial charge in [-0.1, -0.05) is 31.6 Å². The van der Waals surface area contributed by atoms with Crippen molar-refractivity contribution in [3.63, 3.8) is 0 Å². The monoisotopic (exact) mass is 450 g/mol. The topological polar surface area (TPSA) is 65.6 Å². The van der Waals surface area contributed by atoms with Gasteiger partial charge >= 0.3 is 5.91 Å². The lowest BCUT2D eigenvalue weighted by atomic mass is 9.47. The fourth-order valence-corrected chi connectivity index (χ4v) is 8.30. The van der Waals surface area contributed by atoms with Gasteiger partial charge in [0.25, 0.3) is 0 Å². The molecule has 178 valence electrons. The van der Waals surface area contributed by atoms with E-state index in [1.165, 1.54) is 37.7 Å². The Labute approximate surface area is 198 Å². The number of hydrazone groups is 1. The predicted molar refractivity (Wildman–Crippen MR) is 129 cm³/mol. The summed E-state index contributed by atoms with van der Waals surface area (Å²) in [6, 6.07) is 5.80. The number of fused-ring (bicyclic) bond motifs is 5. The number of aliphatic hydroxyl groups excluding tert-OH is 1. The summed E-state index contributed by atoms with van der Waals surface area (Å²) in [5.74, 6) is 2.59. The number of pyridine rings is 1. The number of aromatic nitrogens is 1. The minimum absolute atomic E-state index is 0.0775. The largest absolute Gasteiger partial charge is 0.393 e. The first-order valence-corrected chi connectivity index (χ1v) is 13.0. The molecule has 1 heterocycles. The highest BCUT2D eigenvalue weighted by Gasteiger charge is 2.59. The molecule has 1 aromatic rings. The van der Waals surface area contributed by atoms with Crippen molar-refractivity contribution in [1.29, 1.82) is 0 Å². The van der Waals surface area contributed by atoms with Gasteiger partial charge in [-0.05, 0) is 86.9 Å². The third-order valence-corrected chi connectivity index (χ3v) is 10.0. The molecule has 0 spiro atoms. The molecule has 5 heteroatoms. The molecule has 7 unspecified atom stereocenters. The third kappa shape index (κ3) is 3.96. The van der Waals surface area contributed by atoms with Crippen molar-refractivity contribution in [2.24, 2.45) is 39.6 Å². The van der Waals surface area contributed by atoms with Crippen LogP contribution < -0.4 is 9.99 Å². The van der Waals surface area contributed by atoms with Gasteiger partial charge in [0.05, 0.1) is 6.10 Å². The standard InChI is InChI=1S/C28H39N3O2/c1-19(29-30-26(33)18-31-15-5-4-6-16-31)23-9-10-24-22-8-7-20-17-21(32)11-13-27(20,2)25(22)12-14-28(23,24)3/h4-7,15-16,21-25,32H,8-14,17-18H2,1-3H3/p+1. The van der Waals surface area contributed by atoms with Crippen molar-refractivity contribution in [3.05, 3.63) is 42.2 Å². The zero-order chi connectivity index (χ0) is 23.2. The lowest BCUT2D eigenvalue weighted by Gasteiger charge is -2.58. The van der Waals surface area contributed by atoms with Gasteiger partial charge in [-0.25, -0.2) is 5.43 Å². The molecule has 5 rings (SSSR count). The Morgan fingerprint density at radius 3 is 2.70 bits per heavy atom. The van der Waals surface area contributed by atoms with E-state index in [1.54, 1.807) is 0 Å². The maximum absolute atomic E-state index is 12.4. The van der Waals surface area contributed by atoms with Crippen molar-refractivity contribution >= 4 is 11.6 Å². The molecule has 2 N–H and O–H groups in total. The number of hydrogen-bond acceptors (Lipinski definition) is 3. The highest BCUT2D eigenvalue weighted by Crippen LogP contribution is 2.66. The van der Waals surface area contributed by atoms with E-state index in [-0.39, 0.29) is 29.4 Å². The first-order chi connectivity index (χ1) is 15.8. The zero-order valence-corrected chi connectivity index (χ0v) is 20.5. The van der Waals surface area contributed by atoms with Crippen LogP contribution in [0.4, 0.5) is 0 Å². The molecule has 0 aromatic carbocycles. The fraction of sp³-hybridized carbons (Fsp3) is 0.679. The van der Waals surface area contributed by atoms with Crippen LogP contribution in [0.5, 0.6) is 0 Å². The van der Waals surface area contributed by atoms with E-state index in [0.717, 1.165) is 42.7 Å². The summed E-state index contributed by atoms with van der Waals surface area (Å²) < 4.78 is 1.87. The van der Waals surface area contributed by atoms with E-state index < -0.39 is 0 Å². The summed E-state index contributed by atoms with van der Waals surface area (Å²) in [5.41, 5.74) is 6.00. The van der Waals surface area contributed by atoms with Gasteiger partial charge in [0.15, 0.2) is 12.4 Å². The first-order valence-electron chi connectivity index (χ1n) is 13.0. The zero-order valence-electron chi connectivity index (χ0n) is 20.5. The summed E-state index contributed by atoms with van der Waals surface area (Å²) in [4.78, 5) is 12.4. The second-order valence-corrected chi connectivity index (χ2v) is 11.7. The van der Waals surface area contributed by atoms with Crippen LogP contribution in [0.3, 0.4) is 0 Å². The van der Waals surface area contributed by atoms with Crippen LogP contribution in [0.15, 0.2) is 47.3 Å². The Morgan fingerprint density at radius 2 is 1.91 bits per heavy atom. The first kappa shape index (κ1) is 22.8. The van der Waals surface area contributed by atoms with Gasteiger partial charge in [0.2, 0.25) is 6.54 Å². The minimum Gasteiger partial charge on any atom is -0.393 e. The van der Waals surface area contributed by atoms with E-state index in [0.29, 0.717) is 5.92 Å². The second-order valence-electron chi connectivity index (χ2n) is 11.7. The summed E-state index contributed by atoms with van der Waals surface area (Å²) in [5, 5.41) is 14.8. The Balaban J connectivity index is 1.29. The summed E-state index contributed by atoms with van der Waals surface area (Å²) in [7, 11) is 0. The number of carbonyl (C=O) groups excluding carboxylic acids is 1. The lowest BCUT2D eigenvalue weighted by molar-refractivity contribution is -0.684. The summed E-state index contributed by atoms with van der Waals surface area (Å²) in [6.07, 6.45) is 15.3. The number of aliphatic hydroxyl groups is 1. The molecular weight excluding hydrogens is 410 g/mol. The van der Waals surface area contributed by atoms with Crippen molar-refractivity contribution in [2.75, 3.05) is 0 Å². The molecule has 0 saturated heterocycles. The van der Waals surface area contributed by atoms with Crippen LogP contribution >= 0.6 is 0 Å². The highest BCUT2D eigenvalue weighted by molar-refractivity contribution is 5.87. The number of rotatable bonds is 4. The molecule has 3 fully saturated rings. The number of carbonyl (C=O) groups is 1. The van der Waals surface area contributed by atoms with E-state index in [2.05, 4.69) is 37.4 Å². The number of amides is 1. The molecule has 0 radical (unpaired) electrons. The Kier molecular flexibility index (Phi) is 5.97. The molecule has 0 bridgehead atoms. The van der Waals surface area contributed by atoms with Gasteiger partial charge in [-0.15, -0.1) is 0 Å². The normalized spacial score (nSPS) is 40.3. The highest BCUT2D eigenvalue weighted by atomic mass is 16.3. The smallest absolute Gasteiger partial charge is 0.305 e. The maximum atomic E-state index is 12.4. The van der Waals surface area contributed by atoms with E-state index in [9.17, 15) is 9.90 Å². The molecule has 1 amide bonds. The van der Waals surface area contributed by atoms with Crippen LogP contribution in [0.25, 0.3) is 0 Å². The van der Waals surface area contributed by atoms with Gasteiger partial charge in [-0.3, -0.25) is 4.79 Å². The number of allylic oxidation sites excluding steroid dienone is 1. The summed E-state index contributed by atoms with van der Waals surface area (Å²) in [6.45, 7) is 7.39. The molecule has 3 saturated carbocycles. The van der Waals surface area contributed by atoms with Crippen LogP contribution in [0.2, 0.25) is 0 Å². The van der Waals surface area contributed by atoms with Crippen molar-refractivity contribution in [2.45, 2.75) is 84.8 Å². The average Bonchev–Trinajstić information content (AvgIpc) is 3.16. The van der Waals surface area contributed by atoms with Gasteiger partial charge in [0.1, 0.15) is 0 Å². The molecule has 0 aliphatic heterocycles. The van der Waals surface area contributed by atoms with Gasteiger partial charge in [0, 0.05) is 23.8 Å². The van der Waals surface area contributed by atoms with Crippen LogP contribution in [-0.2, 0) is 11.3 Å². The maximum Gasteiger partial charge on any atom is 0.305 e. The molecule has 4 aliphatic carbocycles. The van der Waals surface area contributed by atoms with Crippen molar-refractivity contribution in [1.82, 2.24) is 5.43 Å². The Hall–Kier alpha value is -2.01. The molecule has 7 atom stereocenters. The van der Waals surface area contributed by atoms with Crippen molar-refractivity contribution in [3.8, 4) is 0 Å². The van der Waals surface area contributed by atoms with Crippen LogP contribution in [0, 0.1) is 34.5 Å². The Morgan fingerprint density at radius 1 is 1.12 bits per heavy atom. The number of nitrogens with zero attached hydrogens (tertiary/aromatic N) is 2. The fourth-order valence-electron chi connectivity index (χ4n) is 8.30. The number of nitrogens with one attached hydrogen (secondary N) is 1. The SMILES string of the molecule is CC(=NNC(=O)C[n+]1ccccc1)C1CCC2C3CC=C4CC(O)CCC4(C)C3CCC12C. The quantitative estimate of drug-likeness (QED) is 0.309. The second kappa shape index (κ2) is 8.65. The average molecular weight is 451 g/mol. The summed E-state index contributed by atoms with van der Waals surface area (Å²) >= 11 is 0. The van der Waals surface area contributed by atoms with E-state index in [4.69, 9.17) is 0 Å². The van der Waals surface area contributed by atoms with Crippen molar-refractivity contribution < 1.29 is 14.5 Å². The molecule has 5 nitrogen and oxygen atoms in total.